The first-order valence-corrected chi connectivity index (χ1v) is 7.72. The molecule has 1 N–H and O–H groups in total. The molecular weight excluding hydrogens is 332 g/mol. The highest BCUT2D eigenvalue weighted by Crippen LogP contribution is 2.26. The van der Waals surface area contributed by atoms with Crippen LogP contribution in [0.2, 0.25) is 5.02 Å². The average molecular weight is 349 g/mol. The normalized spacial score (nSPS) is 11.6. The molecule has 24 heavy (non-hydrogen) atoms. The predicted octanol–water partition coefficient (Wildman–Crippen LogP) is 4.14. The van der Waals surface area contributed by atoms with Gasteiger partial charge in [-0.3, -0.25) is 14.9 Å². The smallest absolute Gasteiger partial charge is 0.288 e. The summed E-state index contributed by atoms with van der Waals surface area (Å²) in [6, 6.07) is 11.2. The van der Waals surface area contributed by atoms with Crippen molar-refractivity contribution in [1.82, 2.24) is 5.32 Å². The number of hydrogen-bond donors (Lipinski definition) is 1. The van der Waals surface area contributed by atoms with Gasteiger partial charge in [0.1, 0.15) is 10.8 Å². The fraction of sp³-hybridized carbons (Fsp3) is 0.235. The molecule has 1 atom stereocenters. The van der Waals surface area contributed by atoms with Gasteiger partial charge in [-0.1, -0.05) is 30.7 Å². The van der Waals surface area contributed by atoms with E-state index in [1.807, 2.05) is 31.2 Å². The molecule has 126 valence electrons. The van der Waals surface area contributed by atoms with Gasteiger partial charge in [0.05, 0.1) is 18.1 Å². The summed E-state index contributed by atoms with van der Waals surface area (Å²) >= 11 is 5.77. The third-order valence-electron chi connectivity index (χ3n) is 3.64. The lowest BCUT2D eigenvalue weighted by Gasteiger charge is -2.18. The third kappa shape index (κ3) is 4.02. The van der Waals surface area contributed by atoms with Crippen LogP contribution in [0.25, 0.3) is 0 Å². The molecule has 0 aliphatic heterocycles. The van der Waals surface area contributed by atoms with Gasteiger partial charge in [-0.2, -0.15) is 0 Å². The molecule has 0 aromatic heterocycles. The minimum absolute atomic E-state index is 0.00116. The first-order valence-electron chi connectivity index (χ1n) is 7.35. The van der Waals surface area contributed by atoms with Crippen LogP contribution >= 0.6 is 11.6 Å². The molecule has 0 aliphatic carbocycles. The Hall–Kier alpha value is -2.60. The van der Waals surface area contributed by atoms with Gasteiger partial charge < -0.3 is 10.1 Å². The number of halogens is 1. The Morgan fingerprint density at radius 1 is 1.29 bits per heavy atom. The van der Waals surface area contributed by atoms with Gasteiger partial charge in [0, 0.05) is 11.6 Å². The van der Waals surface area contributed by atoms with Gasteiger partial charge >= 0.3 is 0 Å². The lowest BCUT2D eigenvalue weighted by Crippen LogP contribution is -2.28. The number of benzene rings is 2. The number of nitro benzene ring substituents is 1. The van der Waals surface area contributed by atoms with Gasteiger partial charge in [0.15, 0.2) is 0 Å². The molecule has 0 fully saturated rings. The van der Waals surface area contributed by atoms with Crippen molar-refractivity contribution in [3.63, 3.8) is 0 Å². The summed E-state index contributed by atoms with van der Waals surface area (Å²) in [7, 11) is 1.58. The molecule has 0 saturated heterocycles. The number of carbonyl (C=O) groups excluding carboxylic acids is 1. The summed E-state index contributed by atoms with van der Waals surface area (Å²) in [5, 5.41) is 13.8. The van der Waals surface area contributed by atoms with E-state index in [4.69, 9.17) is 16.3 Å². The van der Waals surface area contributed by atoms with Crippen LogP contribution in [0, 0.1) is 10.1 Å². The van der Waals surface area contributed by atoms with Crippen molar-refractivity contribution >= 4 is 23.2 Å². The van der Waals surface area contributed by atoms with Crippen LogP contribution in [0.5, 0.6) is 5.75 Å². The maximum absolute atomic E-state index is 12.4. The molecule has 0 spiro atoms. The molecule has 0 saturated carbocycles. The average Bonchev–Trinajstić information content (AvgIpc) is 2.59. The van der Waals surface area contributed by atoms with Crippen LogP contribution in [0.15, 0.2) is 42.5 Å². The van der Waals surface area contributed by atoms with Crippen molar-refractivity contribution in [2.75, 3.05) is 7.11 Å². The molecule has 0 heterocycles. The molecule has 7 heteroatoms. The Morgan fingerprint density at radius 3 is 2.50 bits per heavy atom. The number of methoxy groups -OCH3 is 1. The van der Waals surface area contributed by atoms with E-state index >= 15 is 0 Å². The van der Waals surface area contributed by atoms with Crippen molar-refractivity contribution < 1.29 is 14.5 Å². The topological polar surface area (TPSA) is 81.5 Å². The van der Waals surface area contributed by atoms with Gasteiger partial charge in [-0.25, -0.2) is 0 Å². The maximum atomic E-state index is 12.4. The van der Waals surface area contributed by atoms with E-state index in [9.17, 15) is 14.9 Å². The molecule has 0 aliphatic rings. The van der Waals surface area contributed by atoms with E-state index < -0.39 is 10.8 Å². The minimum atomic E-state index is -0.611. The minimum Gasteiger partial charge on any atom is -0.497 e. The maximum Gasteiger partial charge on any atom is 0.288 e. The number of nitro groups is 1. The van der Waals surface area contributed by atoms with E-state index in [0.29, 0.717) is 6.42 Å². The number of nitrogens with one attached hydrogen (secondary N) is 1. The molecule has 6 nitrogen and oxygen atoms in total. The molecular formula is C17H17ClN2O4. The Kier molecular flexibility index (Phi) is 5.76. The van der Waals surface area contributed by atoms with Gasteiger partial charge in [-0.15, -0.1) is 0 Å². The molecule has 2 aromatic rings. The van der Waals surface area contributed by atoms with E-state index in [2.05, 4.69) is 5.32 Å². The summed E-state index contributed by atoms with van der Waals surface area (Å²) in [6.07, 6.45) is 0.674. The van der Waals surface area contributed by atoms with Gasteiger partial charge in [-0.05, 0) is 36.2 Å². The standard InChI is InChI=1S/C17H17ClN2O4/c1-3-15(11-4-7-13(24-2)8-5-11)19-17(21)12-6-9-14(18)16(10-12)20(22)23/h4-10,15H,3H2,1-2H3,(H,19,21). The zero-order valence-electron chi connectivity index (χ0n) is 13.3. The van der Waals surface area contributed by atoms with Crippen molar-refractivity contribution in [2.45, 2.75) is 19.4 Å². The van der Waals surface area contributed by atoms with E-state index in [1.165, 1.54) is 18.2 Å². The number of nitrogens with zero attached hydrogens (tertiary/aromatic N) is 1. The van der Waals surface area contributed by atoms with Crippen molar-refractivity contribution in [3.8, 4) is 5.75 Å². The molecule has 1 unspecified atom stereocenters. The SMILES string of the molecule is CCC(NC(=O)c1ccc(Cl)c([N+](=O)[O-])c1)c1ccc(OC)cc1. The molecule has 0 radical (unpaired) electrons. The van der Waals surface area contributed by atoms with E-state index in [0.717, 1.165) is 11.3 Å². The second kappa shape index (κ2) is 7.79. The van der Waals surface area contributed by atoms with Crippen LogP contribution in [-0.2, 0) is 0 Å². The van der Waals surface area contributed by atoms with Crippen LogP contribution in [0.3, 0.4) is 0 Å². The quantitative estimate of drug-likeness (QED) is 0.628. The Labute approximate surface area is 144 Å². The number of hydrogen-bond acceptors (Lipinski definition) is 4. The van der Waals surface area contributed by atoms with Crippen LogP contribution in [0.4, 0.5) is 5.69 Å². The second-order valence-corrected chi connectivity index (χ2v) is 5.54. The van der Waals surface area contributed by atoms with Gasteiger partial charge in [0.25, 0.3) is 11.6 Å². The number of amides is 1. The first kappa shape index (κ1) is 17.7. The molecule has 1 amide bonds. The summed E-state index contributed by atoms with van der Waals surface area (Å²) in [5.74, 6) is 0.339. The zero-order chi connectivity index (χ0) is 17.7. The lowest BCUT2D eigenvalue weighted by atomic mass is 10.0. The van der Waals surface area contributed by atoms with Gasteiger partial charge in [0.2, 0.25) is 0 Å². The first-order chi connectivity index (χ1) is 11.5. The molecule has 2 aromatic carbocycles. The zero-order valence-corrected chi connectivity index (χ0v) is 14.0. The van der Waals surface area contributed by atoms with Crippen LogP contribution in [0.1, 0.15) is 35.3 Å². The predicted molar refractivity (Wildman–Crippen MR) is 91.6 cm³/mol. The number of rotatable bonds is 6. The Morgan fingerprint density at radius 2 is 1.96 bits per heavy atom. The number of ether oxygens (including phenoxy) is 1. The lowest BCUT2D eigenvalue weighted by molar-refractivity contribution is -0.384. The summed E-state index contributed by atoms with van der Waals surface area (Å²) in [4.78, 5) is 22.7. The fourth-order valence-electron chi connectivity index (χ4n) is 2.29. The third-order valence-corrected chi connectivity index (χ3v) is 3.96. The van der Waals surface area contributed by atoms with Crippen LogP contribution in [-0.4, -0.2) is 17.9 Å². The Balaban J connectivity index is 2.19. The number of carbonyl (C=O) groups is 1. The highest BCUT2D eigenvalue weighted by molar-refractivity contribution is 6.32. The van der Waals surface area contributed by atoms with Crippen LogP contribution < -0.4 is 10.1 Å². The molecule has 0 bridgehead atoms. The van der Waals surface area contributed by atoms with E-state index in [1.54, 1.807) is 7.11 Å². The fourth-order valence-corrected chi connectivity index (χ4v) is 2.48. The second-order valence-electron chi connectivity index (χ2n) is 5.13. The highest BCUT2D eigenvalue weighted by Gasteiger charge is 2.19. The summed E-state index contributed by atoms with van der Waals surface area (Å²) in [6.45, 7) is 1.94. The molecule has 2 rings (SSSR count). The van der Waals surface area contributed by atoms with Crippen molar-refractivity contribution in [3.05, 3.63) is 68.7 Å². The monoisotopic (exact) mass is 348 g/mol. The van der Waals surface area contributed by atoms with Crippen molar-refractivity contribution in [1.29, 1.82) is 0 Å². The summed E-state index contributed by atoms with van der Waals surface area (Å²) < 4.78 is 5.12. The van der Waals surface area contributed by atoms with Crippen molar-refractivity contribution in [2.24, 2.45) is 0 Å². The Bertz CT molecular complexity index is 747. The largest absolute Gasteiger partial charge is 0.497 e. The summed E-state index contributed by atoms with van der Waals surface area (Å²) in [5.41, 5.74) is 0.829. The highest BCUT2D eigenvalue weighted by atomic mass is 35.5. The van der Waals surface area contributed by atoms with E-state index in [-0.39, 0.29) is 22.3 Å².